The Labute approximate surface area is 230 Å². The number of anilines is 1. The van der Waals surface area contributed by atoms with Gasteiger partial charge in [0.1, 0.15) is 6.61 Å². The second-order valence-corrected chi connectivity index (χ2v) is 11.1. The van der Waals surface area contributed by atoms with Gasteiger partial charge in [-0.2, -0.15) is 4.39 Å². The summed E-state index contributed by atoms with van der Waals surface area (Å²) in [6.45, 7) is 9.82. The Morgan fingerprint density at radius 1 is 1.18 bits per heavy atom. The number of rotatable bonds is 10. The summed E-state index contributed by atoms with van der Waals surface area (Å²) in [6, 6.07) is 8.89. The number of benzene rings is 1. The summed E-state index contributed by atoms with van der Waals surface area (Å²) < 4.78 is 26.1. The second-order valence-electron chi connectivity index (χ2n) is 11.1. The monoisotopic (exact) mass is 537 g/mol. The van der Waals surface area contributed by atoms with Gasteiger partial charge in [-0.15, -0.1) is 0 Å². The normalized spacial score (nSPS) is 16.2. The third-order valence-corrected chi connectivity index (χ3v) is 6.28. The molecule has 39 heavy (non-hydrogen) atoms. The average Bonchev–Trinajstić information content (AvgIpc) is 2.83. The smallest absolute Gasteiger partial charge is 0.245 e. The number of nitrogens with two attached hydrogens (primary N) is 1. The van der Waals surface area contributed by atoms with Crippen LogP contribution in [-0.4, -0.2) is 66.8 Å². The topological polar surface area (TPSA) is 114 Å². The molecule has 8 nitrogen and oxygen atoms in total. The van der Waals surface area contributed by atoms with E-state index in [1.807, 2.05) is 18.2 Å². The number of halogens is 1. The van der Waals surface area contributed by atoms with Crippen molar-refractivity contribution in [3.8, 4) is 5.88 Å². The predicted octanol–water partition coefficient (Wildman–Crippen LogP) is 4.74. The summed E-state index contributed by atoms with van der Waals surface area (Å²) in [5.41, 5.74) is 9.20. The van der Waals surface area contributed by atoms with Crippen LogP contribution in [0.15, 0.2) is 54.3 Å². The van der Waals surface area contributed by atoms with Gasteiger partial charge in [0.15, 0.2) is 0 Å². The van der Waals surface area contributed by atoms with Crippen molar-refractivity contribution in [2.45, 2.75) is 51.7 Å². The lowest BCUT2D eigenvalue weighted by atomic mass is 9.79. The Hall–Kier alpha value is -3.56. The molecule has 1 fully saturated rings. The van der Waals surface area contributed by atoms with Crippen molar-refractivity contribution in [2.75, 3.05) is 39.5 Å². The fraction of sp³-hybridized carbons (Fsp3) is 0.433. The first-order valence-corrected chi connectivity index (χ1v) is 13.0. The van der Waals surface area contributed by atoms with Crippen molar-refractivity contribution in [1.29, 1.82) is 5.41 Å². The lowest BCUT2D eigenvalue weighted by molar-refractivity contribution is -0.138. The average molecular weight is 538 g/mol. The SMILES string of the molecule is CN(C)C(=O)/C=C/CNCCOc1ccc(C(=C2CC(C)(C)OC(C)(C)C2)c2ccc(N)c(C(=N)F)c2)cn1. The number of hydrogen-bond donors (Lipinski definition) is 3. The Morgan fingerprint density at radius 2 is 1.85 bits per heavy atom. The lowest BCUT2D eigenvalue weighted by Crippen LogP contribution is -2.42. The minimum atomic E-state index is -1.07. The molecule has 1 saturated heterocycles. The summed E-state index contributed by atoms with van der Waals surface area (Å²) in [5.74, 6) is -0.640. The van der Waals surface area contributed by atoms with E-state index in [0.717, 1.165) is 22.3 Å². The molecule has 2 aromatic rings. The van der Waals surface area contributed by atoms with Crippen LogP contribution in [-0.2, 0) is 9.53 Å². The molecule has 4 N–H and O–H groups in total. The van der Waals surface area contributed by atoms with Crippen LogP contribution in [0.25, 0.3) is 5.57 Å². The standard InChI is InChI=1S/C30H40FN5O3/c1-29(2)17-22(18-30(3,4)39-29)27(20-9-11-24(32)23(16-20)28(31)33)21-10-12-25(35-19-21)38-15-14-34-13-7-8-26(37)36(5)6/h7-12,16,19,33-34H,13-15,17-18,32H2,1-6H3/b8-7+,33-28?. The number of carbonyl (C=O) groups is 1. The van der Waals surface area contributed by atoms with Crippen molar-refractivity contribution in [2.24, 2.45) is 0 Å². The first-order valence-electron chi connectivity index (χ1n) is 13.0. The minimum absolute atomic E-state index is 0.0577. The summed E-state index contributed by atoms with van der Waals surface area (Å²) in [7, 11) is 3.42. The first-order chi connectivity index (χ1) is 18.3. The van der Waals surface area contributed by atoms with E-state index in [4.69, 9.17) is 20.6 Å². The first kappa shape index (κ1) is 30.0. The number of nitrogen functional groups attached to an aromatic ring is 1. The van der Waals surface area contributed by atoms with Gasteiger partial charge in [-0.3, -0.25) is 10.2 Å². The van der Waals surface area contributed by atoms with E-state index >= 15 is 0 Å². The highest BCUT2D eigenvalue weighted by molar-refractivity contribution is 5.98. The molecule has 1 aromatic carbocycles. The molecule has 2 heterocycles. The van der Waals surface area contributed by atoms with Crippen LogP contribution >= 0.6 is 0 Å². The minimum Gasteiger partial charge on any atom is -0.476 e. The van der Waals surface area contributed by atoms with Crippen molar-refractivity contribution in [3.05, 3.63) is 70.9 Å². The van der Waals surface area contributed by atoms with Crippen molar-refractivity contribution in [1.82, 2.24) is 15.2 Å². The summed E-state index contributed by atoms with van der Waals surface area (Å²) in [5, 5.41) is 10.7. The van der Waals surface area contributed by atoms with Gasteiger partial charge >= 0.3 is 0 Å². The van der Waals surface area contributed by atoms with Gasteiger partial charge in [0.2, 0.25) is 17.8 Å². The van der Waals surface area contributed by atoms with Gasteiger partial charge in [-0.1, -0.05) is 17.7 Å². The molecule has 1 amide bonds. The molecule has 3 rings (SSSR count). The molecule has 0 bridgehead atoms. The largest absolute Gasteiger partial charge is 0.476 e. The number of nitrogens with one attached hydrogen (secondary N) is 2. The maximum atomic E-state index is 14.0. The van der Waals surface area contributed by atoms with E-state index in [1.165, 1.54) is 11.0 Å². The zero-order valence-electron chi connectivity index (χ0n) is 23.7. The molecular weight excluding hydrogens is 497 g/mol. The molecule has 1 aromatic heterocycles. The van der Waals surface area contributed by atoms with Gasteiger partial charge in [-0.05, 0) is 69.9 Å². The van der Waals surface area contributed by atoms with E-state index in [1.54, 1.807) is 38.5 Å². The number of amides is 1. The molecule has 1 aliphatic rings. The van der Waals surface area contributed by atoms with Gasteiger partial charge in [0.05, 0.1) is 16.8 Å². The third-order valence-electron chi connectivity index (χ3n) is 6.28. The summed E-state index contributed by atoms with van der Waals surface area (Å²) >= 11 is 0. The Balaban J connectivity index is 1.81. The Morgan fingerprint density at radius 3 is 2.44 bits per heavy atom. The Kier molecular flexibility index (Phi) is 9.63. The third kappa shape index (κ3) is 8.46. The van der Waals surface area contributed by atoms with Crippen LogP contribution in [0.3, 0.4) is 0 Å². The van der Waals surface area contributed by atoms with E-state index in [0.29, 0.717) is 38.4 Å². The van der Waals surface area contributed by atoms with Crippen LogP contribution in [0, 0.1) is 5.41 Å². The fourth-order valence-corrected chi connectivity index (χ4v) is 4.90. The second kappa shape index (κ2) is 12.5. The Bertz CT molecular complexity index is 1230. The molecule has 0 radical (unpaired) electrons. The quantitative estimate of drug-likeness (QED) is 0.175. The lowest BCUT2D eigenvalue weighted by Gasteiger charge is -2.43. The predicted molar refractivity (Wildman–Crippen MR) is 154 cm³/mol. The zero-order valence-corrected chi connectivity index (χ0v) is 23.7. The van der Waals surface area contributed by atoms with E-state index in [2.05, 4.69) is 38.0 Å². The maximum absolute atomic E-state index is 14.0. The van der Waals surface area contributed by atoms with Crippen LogP contribution in [0.2, 0.25) is 0 Å². The number of nitrogens with zero attached hydrogens (tertiary/aromatic N) is 2. The number of pyridine rings is 1. The van der Waals surface area contributed by atoms with Crippen LogP contribution < -0.4 is 15.8 Å². The molecule has 1 aliphatic heterocycles. The van der Waals surface area contributed by atoms with Crippen molar-refractivity contribution < 1.29 is 18.7 Å². The number of ether oxygens (including phenoxy) is 2. The van der Waals surface area contributed by atoms with E-state index in [-0.39, 0.29) is 28.4 Å². The maximum Gasteiger partial charge on any atom is 0.245 e. The summed E-state index contributed by atoms with van der Waals surface area (Å²) in [6.07, 6.45) is 6.44. The zero-order chi connectivity index (χ0) is 28.8. The highest BCUT2D eigenvalue weighted by Gasteiger charge is 2.38. The van der Waals surface area contributed by atoms with Gasteiger partial charge < -0.3 is 25.4 Å². The number of hydrogen-bond acceptors (Lipinski definition) is 7. The van der Waals surface area contributed by atoms with Crippen LogP contribution in [0.4, 0.5) is 10.1 Å². The van der Waals surface area contributed by atoms with E-state index < -0.39 is 5.97 Å². The molecule has 0 aliphatic carbocycles. The highest BCUT2D eigenvalue weighted by atomic mass is 19.1. The van der Waals surface area contributed by atoms with Crippen LogP contribution in [0.5, 0.6) is 5.88 Å². The molecule has 0 saturated carbocycles. The fourth-order valence-electron chi connectivity index (χ4n) is 4.90. The molecule has 0 unspecified atom stereocenters. The molecule has 0 spiro atoms. The van der Waals surface area contributed by atoms with Gasteiger partial charge in [0, 0.05) is 56.8 Å². The molecular formula is C30H40FN5O3. The van der Waals surface area contributed by atoms with E-state index in [9.17, 15) is 9.18 Å². The van der Waals surface area contributed by atoms with Gasteiger partial charge in [0.25, 0.3) is 0 Å². The molecule has 9 heteroatoms. The highest BCUT2D eigenvalue weighted by Crippen LogP contribution is 2.43. The van der Waals surface area contributed by atoms with Gasteiger partial charge in [-0.25, -0.2) is 4.98 Å². The van der Waals surface area contributed by atoms with Crippen LogP contribution in [0.1, 0.15) is 57.2 Å². The number of aromatic nitrogens is 1. The molecule has 0 atom stereocenters. The number of carbonyl (C=O) groups excluding carboxylic acids is 1. The molecule has 210 valence electrons. The summed E-state index contributed by atoms with van der Waals surface area (Å²) in [4.78, 5) is 17.6. The van der Waals surface area contributed by atoms with Crippen molar-refractivity contribution >= 4 is 23.1 Å². The number of likely N-dealkylation sites (N-methyl/N-ethyl adjacent to an activating group) is 1. The van der Waals surface area contributed by atoms with Crippen molar-refractivity contribution in [3.63, 3.8) is 0 Å².